The van der Waals surface area contributed by atoms with E-state index < -0.39 is 0 Å². The number of hydrogen-bond acceptors (Lipinski definition) is 2. The number of carbonyl (C=O) groups excluding carboxylic acids is 1. The molecule has 0 unspecified atom stereocenters. The molecule has 0 atom stereocenters. The lowest BCUT2D eigenvalue weighted by molar-refractivity contribution is 0.0454. The van der Waals surface area contributed by atoms with Crippen molar-refractivity contribution in [2.24, 2.45) is 5.92 Å². The predicted molar refractivity (Wildman–Crippen MR) is 71.0 cm³/mol. The Morgan fingerprint density at radius 1 is 1.47 bits per heavy atom. The van der Waals surface area contributed by atoms with Crippen molar-refractivity contribution in [1.82, 2.24) is 4.90 Å². The maximum absolute atomic E-state index is 12.4. The molecule has 0 saturated carbocycles. The van der Waals surface area contributed by atoms with Crippen LogP contribution in [0.1, 0.15) is 22.8 Å². The summed E-state index contributed by atoms with van der Waals surface area (Å²) in [5.74, 6) is -0.0509. The third kappa shape index (κ3) is 2.01. The van der Waals surface area contributed by atoms with E-state index in [-0.39, 0.29) is 18.5 Å². The van der Waals surface area contributed by atoms with Crippen LogP contribution in [0.3, 0.4) is 0 Å². The van der Waals surface area contributed by atoms with E-state index in [0.717, 1.165) is 17.4 Å². The molecule has 4 heteroatoms. The molecule has 1 aliphatic heterocycles. The molecule has 100 valence electrons. The molecule has 2 heterocycles. The predicted octanol–water partition coefficient (Wildman–Crippen LogP) is 3.04. The van der Waals surface area contributed by atoms with Gasteiger partial charge in [-0.15, -0.1) is 0 Å². The Kier molecular flexibility index (Phi) is 3.01. The van der Waals surface area contributed by atoms with E-state index in [0.29, 0.717) is 18.7 Å². The van der Waals surface area contributed by atoms with Gasteiger partial charge < -0.3 is 9.32 Å². The molecule has 1 amide bonds. The number of likely N-dealkylation sites (tertiary alicyclic amines) is 1. The largest absolute Gasteiger partial charge is 0.463 e. The van der Waals surface area contributed by atoms with Gasteiger partial charge in [0.05, 0.1) is 12.2 Å². The Hall–Kier alpha value is -1.84. The Labute approximate surface area is 111 Å². The molecule has 1 aromatic carbocycles. The van der Waals surface area contributed by atoms with Crippen LogP contribution in [-0.2, 0) is 6.42 Å². The zero-order valence-corrected chi connectivity index (χ0v) is 10.9. The fourth-order valence-corrected chi connectivity index (χ4v) is 2.47. The standard InChI is InChI=1S/C15H16FNO2/c1-2-10-3-4-14-12(5-10)13(9-19-14)15(18)17-7-11(6-16)8-17/h3-5,9,11H,2,6-8H2,1H3. The second-order valence-corrected chi connectivity index (χ2v) is 5.06. The molecule has 0 radical (unpaired) electrons. The van der Waals surface area contributed by atoms with Crippen LogP contribution < -0.4 is 0 Å². The lowest BCUT2D eigenvalue weighted by Crippen LogP contribution is -2.50. The summed E-state index contributed by atoms with van der Waals surface area (Å²) in [5, 5.41) is 0.855. The first kappa shape index (κ1) is 12.2. The molecule has 1 aliphatic rings. The first-order chi connectivity index (χ1) is 9.22. The lowest BCUT2D eigenvalue weighted by Gasteiger charge is -2.37. The van der Waals surface area contributed by atoms with Crippen molar-refractivity contribution in [2.45, 2.75) is 13.3 Å². The second kappa shape index (κ2) is 4.68. The van der Waals surface area contributed by atoms with E-state index >= 15 is 0 Å². The highest BCUT2D eigenvalue weighted by Gasteiger charge is 2.32. The van der Waals surface area contributed by atoms with Gasteiger partial charge in [-0.1, -0.05) is 13.0 Å². The van der Waals surface area contributed by atoms with Gasteiger partial charge in [-0.05, 0) is 24.1 Å². The molecular formula is C15H16FNO2. The Balaban J connectivity index is 1.90. The fourth-order valence-electron chi connectivity index (χ4n) is 2.47. The molecule has 0 bridgehead atoms. The van der Waals surface area contributed by atoms with E-state index in [1.807, 2.05) is 18.2 Å². The highest BCUT2D eigenvalue weighted by molar-refractivity contribution is 6.06. The number of carbonyl (C=O) groups is 1. The summed E-state index contributed by atoms with van der Waals surface area (Å²) in [6.45, 7) is 2.74. The summed E-state index contributed by atoms with van der Waals surface area (Å²) < 4.78 is 17.8. The Morgan fingerprint density at radius 3 is 2.95 bits per heavy atom. The topological polar surface area (TPSA) is 33.5 Å². The van der Waals surface area contributed by atoms with Gasteiger partial charge in [-0.3, -0.25) is 9.18 Å². The molecule has 19 heavy (non-hydrogen) atoms. The van der Waals surface area contributed by atoms with Gasteiger partial charge in [0.2, 0.25) is 0 Å². The number of nitrogens with zero attached hydrogens (tertiary/aromatic N) is 1. The summed E-state index contributed by atoms with van der Waals surface area (Å²) in [6, 6.07) is 5.90. The van der Waals surface area contributed by atoms with Crippen molar-refractivity contribution in [3.05, 3.63) is 35.6 Å². The van der Waals surface area contributed by atoms with Gasteiger partial charge in [0.15, 0.2) is 0 Å². The van der Waals surface area contributed by atoms with Crippen molar-refractivity contribution in [2.75, 3.05) is 19.8 Å². The number of fused-ring (bicyclic) bond motifs is 1. The number of benzene rings is 1. The van der Waals surface area contributed by atoms with Crippen LogP contribution in [0.25, 0.3) is 11.0 Å². The van der Waals surface area contributed by atoms with E-state index in [1.165, 1.54) is 11.8 Å². The van der Waals surface area contributed by atoms with Gasteiger partial charge in [0, 0.05) is 24.4 Å². The van der Waals surface area contributed by atoms with Crippen molar-refractivity contribution in [1.29, 1.82) is 0 Å². The minimum atomic E-state index is -0.351. The second-order valence-electron chi connectivity index (χ2n) is 5.06. The summed E-state index contributed by atoms with van der Waals surface area (Å²) in [4.78, 5) is 14.0. The SMILES string of the molecule is CCc1ccc2occ(C(=O)N3CC(CF)C3)c2c1. The first-order valence-corrected chi connectivity index (χ1v) is 6.58. The minimum Gasteiger partial charge on any atom is -0.463 e. The normalized spacial score (nSPS) is 15.8. The molecule has 2 aromatic rings. The van der Waals surface area contributed by atoms with E-state index in [4.69, 9.17) is 4.42 Å². The average Bonchev–Trinajstić information content (AvgIpc) is 2.79. The van der Waals surface area contributed by atoms with Gasteiger partial charge >= 0.3 is 0 Å². The van der Waals surface area contributed by atoms with Crippen molar-refractivity contribution in [3.8, 4) is 0 Å². The minimum absolute atomic E-state index is 0.00770. The third-order valence-corrected chi connectivity index (χ3v) is 3.74. The van der Waals surface area contributed by atoms with E-state index in [1.54, 1.807) is 4.90 Å². The van der Waals surface area contributed by atoms with E-state index in [2.05, 4.69) is 6.92 Å². The van der Waals surface area contributed by atoms with Gasteiger partial charge in [-0.2, -0.15) is 0 Å². The van der Waals surface area contributed by atoms with Crippen LogP contribution >= 0.6 is 0 Å². The van der Waals surface area contributed by atoms with Crippen molar-refractivity contribution >= 4 is 16.9 Å². The number of halogens is 1. The summed E-state index contributed by atoms with van der Waals surface area (Å²) in [7, 11) is 0. The maximum Gasteiger partial charge on any atom is 0.257 e. The molecule has 3 rings (SSSR count). The molecule has 1 fully saturated rings. The molecule has 1 saturated heterocycles. The lowest BCUT2D eigenvalue weighted by atomic mass is 10.00. The number of hydrogen-bond donors (Lipinski definition) is 0. The Morgan fingerprint density at radius 2 is 2.26 bits per heavy atom. The quantitative estimate of drug-likeness (QED) is 0.851. The zero-order valence-electron chi connectivity index (χ0n) is 10.9. The smallest absolute Gasteiger partial charge is 0.257 e. The van der Waals surface area contributed by atoms with Gasteiger partial charge in [0.1, 0.15) is 11.8 Å². The number of furan rings is 1. The third-order valence-electron chi connectivity index (χ3n) is 3.74. The number of alkyl halides is 1. The average molecular weight is 261 g/mol. The summed E-state index contributed by atoms with van der Waals surface area (Å²) in [5.41, 5.74) is 2.49. The van der Waals surface area contributed by atoms with Crippen LogP contribution in [0, 0.1) is 5.92 Å². The molecular weight excluding hydrogens is 245 g/mol. The van der Waals surface area contributed by atoms with E-state index in [9.17, 15) is 9.18 Å². The number of amides is 1. The molecule has 1 aromatic heterocycles. The molecule has 3 nitrogen and oxygen atoms in total. The number of aryl methyl sites for hydroxylation is 1. The highest BCUT2D eigenvalue weighted by atomic mass is 19.1. The van der Waals surface area contributed by atoms with Crippen LogP contribution in [0.5, 0.6) is 0 Å². The van der Waals surface area contributed by atoms with Crippen LogP contribution in [-0.4, -0.2) is 30.6 Å². The molecule has 0 aliphatic carbocycles. The zero-order chi connectivity index (χ0) is 13.4. The van der Waals surface area contributed by atoms with Crippen LogP contribution in [0.4, 0.5) is 4.39 Å². The molecule has 0 N–H and O–H groups in total. The first-order valence-electron chi connectivity index (χ1n) is 6.58. The monoisotopic (exact) mass is 261 g/mol. The molecule has 0 spiro atoms. The fraction of sp³-hybridized carbons (Fsp3) is 0.400. The van der Waals surface area contributed by atoms with Crippen LogP contribution in [0.2, 0.25) is 0 Å². The van der Waals surface area contributed by atoms with Gasteiger partial charge in [0.25, 0.3) is 5.91 Å². The highest BCUT2D eigenvalue weighted by Crippen LogP contribution is 2.26. The Bertz CT molecular complexity index is 614. The number of rotatable bonds is 3. The summed E-state index contributed by atoms with van der Waals surface area (Å²) >= 11 is 0. The maximum atomic E-state index is 12.4. The van der Waals surface area contributed by atoms with Crippen LogP contribution in [0.15, 0.2) is 28.9 Å². The summed E-state index contributed by atoms with van der Waals surface area (Å²) in [6.07, 6.45) is 2.43. The van der Waals surface area contributed by atoms with Gasteiger partial charge in [-0.25, -0.2) is 0 Å². The van der Waals surface area contributed by atoms with Crippen molar-refractivity contribution in [3.63, 3.8) is 0 Å². The van der Waals surface area contributed by atoms with Crippen molar-refractivity contribution < 1.29 is 13.6 Å².